The molecule has 1 aliphatic carbocycles. The van der Waals surface area contributed by atoms with E-state index in [0.29, 0.717) is 0 Å². The Hall–Kier alpha value is -0.650. The summed E-state index contributed by atoms with van der Waals surface area (Å²) in [6.45, 7) is 0. The molecule has 5 N–H and O–H groups in total. The molecule has 2 atom stereocenters. The number of aliphatic hydroxyl groups excluding tert-OH is 1. The van der Waals surface area contributed by atoms with Gasteiger partial charge in [0.1, 0.15) is 6.04 Å². The second kappa shape index (κ2) is 5.29. The van der Waals surface area contributed by atoms with E-state index in [4.69, 9.17) is 10.9 Å². The summed E-state index contributed by atoms with van der Waals surface area (Å²) in [5.74, 6) is 4.07. The maximum absolute atomic E-state index is 10.7. The molecule has 0 radical (unpaired) electrons. The molecule has 82 valence electrons. The van der Waals surface area contributed by atoms with Gasteiger partial charge in [0, 0.05) is 0 Å². The Bertz CT molecular complexity index is 192. The normalized spacial score (nSPS) is 23.0. The lowest BCUT2D eigenvalue weighted by Crippen LogP contribution is -2.52. The third-order valence-electron chi connectivity index (χ3n) is 2.92. The highest BCUT2D eigenvalue weighted by Crippen LogP contribution is 2.27. The number of aliphatic carboxylic acids is 1. The average molecular weight is 202 g/mol. The molecule has 5 nitrogen and oxygen atoms in total. The molecule has 1 aliphatic rings. The first-order valence-corrected chi connectivity index (χ1v) is 5.04. The van der Waals surface area contributed by atoms with Crippen molar-refractivity contribution in [1.29, 1.82) is 0 Å². The molecule has 0 aromatic rings. The Kier molecular flexibility index (Phi) is 4.31. The number of carbonyl (C=O) groups is 1. The van der Waals surface area contributed by atoms with Crippen molar-refractivity contribution in [3.63, 3.8) is 0 Å². The molecule has 0 spiro atoms. The minimum absolute atomic E-state index is 0.0703. The summed E-state index contributed by atoms with van der Waals surface area (Å²) in [7, 11) is 0. The van der Waals surface area contributed by atoms with Crippen molar-refractivity contribution in [1.82, 2.24) is 5.43 Å². The maximum atomic E-state index is 10.7. The lowest BCUT2D eigenvalue weighted by atomic mass is 9.83. The monoisotopic (exact) mass is 202 g/mol. The van der Waals surface area contributed by atoms with E-state index in [2.05, 4.69) is 5.43 Å². The zero-order valence-electron chi connectivity index (χ0n) is 8.15. The summed E-state index contributed by atoms with van der Waals surface area (Å²) >= 11 is 0. The molecule has 0 aromatic heterocycles. The van der Waals surface area contributed by atoms with Crippen molar-refractivity contribution in [3.05, 3.63) is 0 Å². The number of nitrogens with two attached hydrogens (primary N) is 1. The smallest absolute Gasteiger partial charge is 0.324 e. The first kappa shape index (κ1) is 11.4. The topological polar surface area (TPSA) is 95.6 Å². The summed E-state index contributed by atoms with van der Waals surface area (Å²) in [6.07, 6.45) is 4.23. The lowest BCUT2D eigenvalue weighted by molar-refractivity contribution is -0.144. The van der Waals surface area contributed by atoms with Crippen molar-refractivity contribution in [2.45, 2.75) is 44.2 Å². The molecule has 1 rings (SSSR count). The van der Waals surface area contributed by atoms with Gasteiger partial charge in [-0.3, -0.25) is 10.6 Å². The Labute approximate surface area is 83.3 Å². The maximum Gasteiger partial charge on any atom is 0.324 e. The summed E-state index contributed by atoms with van der Waals surface area (Å²) in [5, 5.41) is 18.6. The molecule has 1 fully saturated rings. The van der Waals surface area contributed by atoms with Gasteiger partial charge in [0.2, 0.25) is 0 Å². The van der Waals surface area contributed by atoms with E-state index in [-0.39, 0.29) is 5.92 Å². The van der Waals surface area contributed by atoms with Crippen LogP contribution in [0.2, 0.25) is 0 Å². The van der Waals surface area contributed by atoms with Crippen LogP contribution in [0.15, 0.2) is 0 Å². The average Bonchev–Trinajstić information content (AvgIpc) is 2.19. The van der Waals surface area contributed by atoms with Crippen LogP contribution in [0.4, 0.5) is 0 Å². The fraction of sp³-hybridized carbons (Fsp3) is 0.889. The SMILES string of the molecule is NNC(C(=O)O)C(O)C1CCCCC1. The molecule has 0 saturated heterocycles. The van der Waals surface area contributed by atoms with Gasteiger partial charge in [0.05, 0.1) is 6.10 Å². The molecule has 0 amide bonds. The van der Waals surface area contributed by atoms with Gasteiger partial charge in [-0.25, -0.2) is 5.43 Å². The van der Waals surface area contributed by atoms with Crippen LogP contribution in [0, 0.1) is 5.92 Å². The van der Waals surface area contributed by atoms with Crippen LogP contribution in [-0.2, 0) is 4.79 Å². The van der Waals surface area contributed by atoms with Gasteiger partial charge in [-0.05, 0) is 18.8 Å². The summed E-state index contributed by atoms with van der Waals surface area (Å²) in [5.41, 5.74) is 2.15. The fourth-order valence-corrected chi connectivity index (χ4v) is 2.06. The second-order valence-electron chi connectivity index (χ2n) is 3.87. The van der Waals surface area contributed by atoms with E-state index in [1.165, 1.54) is 6.42 Å². The number of rotatable bonds is 4. The van der Waals surface area contributed by atoms with E-state index in [9.17, 15) is 9.90 Å². The van der Waals surface area contributed by atoms with Crippen LogP contribution in [0.5, 0.6) is 0 Å². The first-order chi connectivity index (χ1) is 6.66. The van der Waals surface area contributed by atoms with Crippen molar-refractivity contribution in [2.75, 3.05) is 0 Å². The number of nitrogens with one attached hydrogen (secondary N) is 1. The third-order valence-corrected chi connectivity index (χ3v) is 2.92. The van der Waals surface area contributed by atoms with Gasteiger partial charge in [-0.2, -0.15) is 0 Å². The molecule has 0 aliphatic heterocycles. The van der Waals surface area contributed by atoms with Crippen LogP contribution < -0.4 is 11.3 Å². The lowest BCUT2D eigenvalue weighted by Gasteiger charge is -2.29. The van der Waals surface area contributed by atoms with Gasteiger partial charge < -0.3 is 10.2 Å². The Morgan fingerprint density at radius 2 is 1.93 bits per heavy atom. The largest absolute Gasteiger partial charge is 0.480 e. The van der Waals surface area contributed by atoms with Crippen LogP contribution in [0.25, 0.3) is 0 Å². The Morgan fingerprint density at radius 1 is 1.36 bits per heavy atom. The Balaban J connectivity index is 2.51. The predicted molar refractivity (Wildman–Crippen MR) is 51.3 cm³/mol. The van der Waals surface area contributed by atoms with Crippen molar-refractivity contribution in [2.24, 2.45) is 11.8 Å². The second-order valence-corrected chi connectivity index (χ2v) is 3.87. The summed E-state index contributed by atoms with van der Waals surface area (Å²) in [6, 6.07) is -1.04. The highest BCUT2D eigenvalue weighted by Gasteiger charge is 2.32. The van der Waals surface area contributed by atoms with Gasteiger partial charge in [-0.1, -0.05) is 19.3 Å². The number of hydrogen-bond acceptors (Lipinski definition) is 4. The summed E-state index contributed by atoms with van der Waals surface area (Å²) in [4.78, 5) is 10.7. The molecule has 14 heavy (non-hydrogen) atoms. The van der Waals surface area contributed by atoms with Gasteiger partial charge in [-0.15, -0.1) is 0 Å². The molecule has 1 saturated carbocycles. The van der Waals surface area contributed by atoms with Crippen molar-refractivity contribution in [3.8, 4) is 0 Å². The number of carboxylic acids is 1. The minimum Gasteiger partial charge on any atom is -0.480 e. The molecular formula is C9H18N2O3. The van der Waals surface area contributed by atoms with Crippen LogP contribution in [-0.4, -0.2) is 28.3 Å². The van der Waals surface area contributed by atoms with E-state index >= 15 is 0 Å². The highest BCUT2D eigenvalue weighted by atomic mass is 16.4. The molecule has 0 aromatic carbocycles. The number of hydrazine groups is 1. The van der Waals surface area contributed by atoms with E-state index in [0.717, 1.165) is 25.7 Å². The zero-order valence-corrected chi connectivity index (χ0v) is 8.15. The number of carboxylic acid groups (broad SMARTS) is 1. The predicted octanol–water partition coefficient (Wildman–Crippen LogP) is -0.156. The van der Waals surface area contributed by atoms with Gasteiger partial charge >= 0.3 is 5.97 Å². The minimum atomic E-state index is -1.09. The van der Waals surface area contributed by atoms with Crippen LogP contribution in [0.3, 0.4) is 0 Å². The first-order valence-electron chi connectivity index (χ1n) is 5.04. The summed E-state index contributed by atoms with van der Waals surface area (Å²) < 4.78 is 0. The van der Waals surface area contributed by atoms with E-state index in [1.54, 1.807) is 0 Å². The quantitative estimate of drug-likeness (QED) is 0.375. The van der Waals surface area contributed by atoms with Gasteiger partial charge in [0.25, 0.3) is 0 Å². The van der Waals surface area contributed by atoms with Crippen LogP contribution >= 0.6 is 0 Å². The molecular weight excluding hydrogens is 184 g/mol. The fourth-order valence-electron chi connectivity index (χ4n) is 2.06. The van der Waals surface area contributed by atoms with Crippen LogP contribution in [0.1, 0.15) is 32.1 Å². The highest BCUT2D eigenvalue weighted by molar-refractivity contribution is 5.74. The Morgan fingerprint density at radius 3 is 2.36 bits per heavy atom. The third kappa shape index (κ3) is 2.67. The molecule has 0 bridgehead atoms. The number of aliphatic hydroxyl groups is 1. The number of hydrogen-bond donors (Lipinski definition) is 4. The zero-order chi connectivity index (χ0) is 10.6. The molecule has 0 heterocycles. The molecule has 2 unspecified atom stereocenters. The van der Waals surface area contributed by atoms with Crippen molar-refractivity contribution < 1.29 is 15.0 Å². The van der Waals surface area contributed by atoms with Crippen molar-refractivity contribution >= 4 is 5.97 Å². The van der Waals surface area contributed by atoms with E-state index in [1.807, 2.05) is 0 Å². The standard InChI is InChI=1S/C9H18N2O3/c10-11-7(9(13)14)8(12)6-4-2-1-3-5-6/h6-8,11-12H,1-5,10H2,(H,13,14). The van der Waals surface area contributed by atoms with E-state index < -0.39 is 18.1 Å². The molecule has 5 heteroatoms. The van der Waals surface area contributed by atoms with Gasteiger partial charge in [0.15, 0.2) is 0 Å².